The highest BCUT2D eigenvalue weighted by atomic mass is 16.5. The summed E-state index contributed by atoms with van der Waals surface area (Å²) in [6.07, 6.45) is 5.62. The van der Waals surface area contributed by atoms with Gasteiger partial charge in [0, 0.05) is 30.4 Å². The number of aromatic nitrogens is 1. The molecule has 1 aromatic heterocycles. The molecule has 2 fully saturated rings. The standard InChI is InChI=1S/C17H18N2O3/c20-17(21)14-6-7-18-16-5-4-11(8-15(14)16)19-9-12-2-1-3-13(10-19)22-12/h4-8,12-13H,1-3,9-10H2,(H,20,21). The molecule has 2 aromatic rings. The predicted octanol–water partition coefficient (Wildman–Crippen LogP) is 2.69. The fourth-order valence-corrected chi connectivity index (χ4v) is 3.54. The van der Waals surface area contributed by atoms with Gasteiger partial charge < -0.3 is 14.7 Å². The summed E-state index contributed by atoms with van der Waals surface area (Å²) in [5, 5.41) is 10.1. The summed E-state index contributed by atoms with van der Waals surface area (Å²) < 4.78 is 5.98. The van der Waals surface area contributed by atoms with Gasteiger partial charge in [-0.1, -0.05) is 0 Å². The Kier molecular flexibility index (Phi) is 3.22. The molecule has 0 spiro atoms. The molecule has 22 heavy (non-hydrogen) atoms. The van der Waals surface area contributed by atoms with E-state index >= 15 is 0 Å². The molecule has 3 heterocycles. The first-order chi connectivity index (χ1) is 10.7. The number of ether oxygens (including phenoxy) is 1. The number of hydrogen-bond acceptors (Lipinski definition) is 4. The maximum atomic E-state index is 11.4. The van der Waals surface area contributed by atoms with E-state index in [1.54, 1.807) is 12.3 Å². The van der Waals surface area contributed by atoms with Crippen molar-refractivity contribution in [2.75, 3.05) is 18.0 Å². The summed E-state index contributed by atoms with van der Waals surface area (Å²) in [4.78, 5) is 18.0. The summed E-state index contributed by atoms with van der Waals surface area (Å²) >= 11 is 0. The van der Waals surface area contributed by atoms with Gasteiger partial charge in [0.25, 0.3) is 0 Å². The van der Waals surface area contributed by atoms with Crippen molar-refractivity contribution in [2.45, 2.75) is 31.5 Å². The monoisotopic (exact) mass is 298 g/mol. The Morgan fingerprint density at radius 1 is 1.23 bits per heavy atom. The summed E-state index contributed by atoms with van der Waals surface area (Å²) in [6, 6.07) is 7.44. The Morgan fingerprint density at radius 3 is 2.73 bits per heavy atom. The van der Waals surface area contributed by atoms with Crippen molar-refractivity contribution < 1.29 is 14.6 Å². The van der Waals surface area contributed by atoms with Gasteiger partial charge in [-0.2, -0.15) is 0 Å². The highest BCUT2D eigenvalue weighted by Gasteiger charge is 2.31. The van der Waals surface area contributed by atoms with Crippen LogP contribution in [-0.4, -0.2) is 41.4 Å². The zero-order valence-electron chi connectivity index (χ0n) is 12.2. The molecule has 0 aliphatic carbocycles. The number of anilines is 1. The number of benzene rings is 1. The molecule has 2 atom stereocenters. The number of hydrogen-bond donors (Lipinski definition) is 1. The Balaban J connectivity index is 1.73. The molecule has 4 rings (SSSR count). The first-order valence-electron chi connectivity index (χ1n) is 7.73. The summed E-state index contributed by atoms with van der Waals surface area (Å²) in [5.41, 5.74) is 2.08. The lowest BCUT2D eigenvalue weighted by Crippen LogP contribution is -2.50. The molecule has 1 N–H and O–H groups in total. The van der Waals surface area contributed by atoms with E-state index in [9.17, 15) is 9.90 Å². The Labute approximate surface area is 128 Å². The van der Waals surface area contributed by atoms with Crippen molar-refractivity contribution in [3.63, 3.8) is 0 Å². The van der Waals surface area contributed by atoms with Crippen molar-refractivity contribution in [3.8, 4) is 0 Å². The number of rotatable bonds is 2. The molecule has 2 aliphatic heterocycles. The number of nitrogens with zero attached hydrogens (tertiary/aromatic N) is 2. The number of carboxylic acid groups (broad SMARTS) is 1. The van der Waals surface area contributed by atoms with E-state index in [1.165, 1.54) is 6.42 Å². The van der Waals surface area contributed by atoms with Gasteiger partial charge in [0.05, 0.1) is 23.3 Å². The Morgan fingerprint density at radius 2 is 2.00 bits per heavy atom. The highest BCUT2D eigenvalue weighted by molar-refractivity contribution is 6.03. The van der Waals surface area contributed by atoms with E-state index in [4.69, 9.17) is 4.74 Å². The first-order valence-corrected chi connectivity index (χ1v) is 7.73. The van der Waals surface area contributed by atoms with E-state index in [-0.39, 0.29) is 0 Å². The maximum Gasteiger partial charge on any atom is 0.336 e. The topological polar surface area (TPSA) is 62.7 Å². The van der Waals surface area contributed by atoms with E-state index < -0.39 is 5.97 Å². The SMILES string of the molecule is O=C(O)c1ccnc2ccc(N3CC4CCCC(C3)O4)cc12. The van der Waals surface area contributed by atoms with E-state index in [1.807, 2.05) is 18.2 Å². The smallest absolute Gasteiger partial charge is 0.336 e. The third-order valence-corrected chi connectivity index (χ3v) is 4.61. The van der Waals surface area contributed by atoms with Crippen LogP contribution in [0.5, 0.6) is 0 Å². The summed E-state index contributed by atoms with van der Waals surface area (Å²) in [6.45, 7) is 1.76. The third kappa shape index (κ3) is 2.31. The fraction of sp³-hybridized carbons (Fsp3) is 0.412. The van der Waals surface area contributed by atoms with E-state index in [2.05, 4.69) is 9.88 Å². The molecule has 2 unspecified atom stereocenters. The zero-order chi connectivity index (χ0) is 15.1. The molecular weight excluding hydrogens is 280 g/mol. The van der Waals surface area contributed by atoms with E-state index in [0.717, 1.165) is 37.1 Å². The van der Waals surface area contributed by atoms with Crippen LogP contribution < -0.4 is 4.90 Å². The maximum absolute atomic E-state index is 11.4. The van der Waals surface area contributed by atoms with Gasteiger partial charge in [0.2, 0.25) is 0 Å². The van der Waals surface area contributed by atoms with Crippen LogP contribution in [0.2, 0.25) is 0 Å². The predicted molar refractivity (Wildman–Crippen MR) is 83.4 cm³/mol. The molecule has 1 aromatic carbocycles. The zero-order valence-corrected chi connectivity index (χ0v) is 12.2. The van der Waals surface area contributed by atoms with Crippen LogP contribution in [0.25, 0.3) is 10.9 Å². The number of carbonyl (C=O) groups is 1. The average molecular weight is 298 g/mol. The lowest BCUT2D eigenvalue weighted by molar-refractivity contribution is -0.0605. The van der Waals surface area contributed by atoms with Crippen molar-refractivity contribution in [1.29, 1.82) is 0 Å². The van der Waals surface area contributed by atoms with Crippen molar-refractivity contribution in [1.82, 2.24) is 4.98 Å². The van der Waals surface area contributed by atoms with Crippen LogP contribution in [-0.2, 0) is 4.74 Å². The molecule has 2 aliphatic rings. The second-order valence-corrected chi connectivity index (χ2v) is 6.08. The minimum Gasteiger partial charge on any atom is -0.478 e. The van der Waals surface area contributed by atoms with Crippen LogP contribution in [0.15, 0.2) is 30.5 Å². The van der Waals surface area contributed by atoms with Crippen molar-refractivity contribution in [3.05, 3.63) is 36.0 Å². The third-order valence-electron chi connectivity index (χ3n) is 4.61. The second kappa shape index (κ2) is 5.25. The molecule has 114 valence electrons. The molecule has 0 amide bonds. The van der Waals surface area contributed by atoms with Crippen molar-refractivity contribution in [2.24, 2.45) is 0 Å². The molecule has 2 saturated heterocycles. The molecule has 0 saturated carbocycles. The highest BCUT2D eigenvalue weighted by Crippen LogP contribution is 2.30. The average Bonchev–Trinajstić information content (AvgIpc) is 2.53. The van der Waals surface area contributed by atoms with Gasteiger partial charge in [-0.3, -0.25) is 4.98 Å². The van der Waals surface area contributed by atoms with Crippen LogP contribution in [0.4, 0.5) is 5.69 Å². The number of aromatic carboxylic acids is 1. The van der Waals surface area contributed by atoms with Gasteiger partial charge in [0.15, 0.2) is 0 Å². The molecular formula is C17H18N2O3. The van der Waals surface area contributed by atoms with Crippen LogP contribution in [0.1, 0.15) is 29.6 Å². The lowest BCUT2D eigenvalue weighted by atomic mass is 9.98. The summed E-state index contributed by atoms with van der Waals surface area (Å²) in [7, 11) is 0. The minimum absolute atomic E-state index is 0.302. The minimum atomic E-state index is -0.914. The van der Waals surface area contributed by atoms with Crippen LogP contribution in [0.3, 0.4) is 0 Å². The van der Waals surface area contributed by atoms with Gasteiger partial charge in [-0.25, -0.2) is 4.79 Å². The van der Waals surface area contributed by atoms with Gasteiger partial charge in [0.1, 0.15) is 0 Å². The summed E-state index contributed by atoms with van der Waals surface area (Å²) in [5.74, 6) is -0.914. The largest absolute Gasteiger partial charge is 0.478 e. The van der Waals surface area contributed by atoms with Gasteiger partial charge in [-0.05, 0) is 43.5 Å². The molecule has 5 heteroatoms. The van der Waals surface area contributed by atoms with Crippen molar-refractivity contribution >= 4 is 22.6 Å². The van der Waals surface area contributed by atoms with Gasteiger partial charge >= 0.3 is 5.97 Å². The van der Waals surface area contributed by atoms with E-state index in [0.29, 0.717) is 23.2 Å². The van der Waals surface area contributed by atoms with Crippen LogP contribution >= 0.6 is 0 Å². The first kappa shape index (κ1) is 13.5. The fourth-order valence-electron chi connectivity index (χ4n) is 3.54. The Hall–Kier alpha value is -2.14. The lowest BCUT2D eigenvalue weighted by Gasteiger charge is -2.42. The van der Waals surface area contributed by atoms with Gasteiger partial charge in [-0.15, -0.1) is 0 Å². The Bertz CT molecular complexity index is 719. The number of pyridine rings is 1. The molecule has 5 nitrogen and oxygen atoms in total. The number of fused-ring (bicyclic) bond motifs is 3. The normalized spacial score (nSPS) is 24.5. The molecule has 2 bridgehead atoms. The quantitative estimate of drug-likeness (QED) is 0.923. The number of carboxylic acids is 1. The van der Waals surface area contributed by atoms with Crippen LogP contribution in [0, 0.1) is 0 Å². The number of morpholine rings is 1. The second-order valence-electron chi connectivity index (χ2n) is 6.08. The molecule has 0 radical (unpaired) electrons.